The Morgan fingerprint density at radius 1 is 1.00 bits per heavy atom. The molecule has 0 aliphatic heterocycles. The van der Waals surface area contributed by atoms with Crippen LogP contribution in [0.2, 0.25) is 0 Å². The molecule has 30 heavy (non-hydrogen) atoms. The molecule has 2 rings (SSSR count). The Kier molecular flexibility index (Phi) is 9.09. The van der Waals surface area contributed by atoms with Crippen LogP contribution in [-0.4, -0.2) is 34.2 Å². The molecule has 0 saturated carbocycles. The highest BCUT2D eigenvalue weighted by molar-refractivity contribution is 5.85. The van der Waals surface area contributed by atoms with Gasteiger partial charge in [-0.2, -0.15) is 0 Å². The molecular weight excluding hydrogens is 383 g/mol. The second-order valence-electron chi connectivity index (χ2n) is 7.96. The van der Waals surface area contributed by atoms with Gasteiger partial charge in [0.1, 0.15) is 17.3 Å². The molecule has 0 aliphatic rings. The summed E-state index contributed by atoms with van der Waals surface area (Å²) >= 11 is 0. The van der Waals surface area contributed by atoms with Crippen molar-refractivity contribution in [2.75, 3.05) is 6.54 Å². The monoisotopic (exact) mass is 416 g/mol. The van der Waals surface area contributed by atoms with E-state index in [0.717, 1.165) is 30.6 Å². The molecular formula is C24H33FN2O3. The number of carbonyl (C=O) groups is 2. The molecule has 0 fully saturated rings. The van der Waals surface area contributed by atoms with E-state index in [1.807, 2.05) is 32.9 Å². The fourth-order valence-electron chi connectivity index (χ4n) is 3.27. The van der Waals surface area contributed by atoms with Crippen molar-refractivity contribution in [1.29, 1.82) is 0 Å². The molecule has 1 aromatic carbocycles. The van der Waals surface area contributed by atoms with Crippen LogP contribution in [0.3, 0.4) is 0 Å². The topological polar surface area (TPSA) is 53.8 Å². The fraction of sp³-hybridized carbons (Fsp3) is 0.500. The smallest absolute Gasteiger partial charge is 0.242 e. The Morgan fingerprint density at radius 2 is 1.70 bits per heavy atom. The van der Waals surface area contributed by atoms with Crippen LogP contribution in [0.15, 0.2) is 40.8 Å². The number of carbonyl (C=O) groups excluding carboxylic acids is 2. The number of nitrogens with zero attached hydrogens (tertiary/aromatic N) is 2. The lowest BCUT2D eigenvalue weighted by molar-refractivity contribution is -0.143. The molecule has 1 aromatic heterocycles. The number of aryl methyl sites for hydroxylation is 1. The number of rotatable bonds is 11. The number of unbranched alkanes of at least 4 members (excludes halogenated alkanes) is 2. The van der Waals surface area contributed by atoms with Gasteiger partial charge in [0.2, 0.25) is 11.8 Å². The van der Waals surface area contributed by atoms with Gasteiger partial charge in [-0.25, -0.2) is 4.39 Å². The number of furan rings is 1. The molecule has 5 nitrogen and oxygen atoms in total. The third-order valence-corrected chi connectivity index (χ3v) is 5.03. The maximum atomic E-state index is 13.3. The molecule has 6 heteroatoms. The first kappa shape index (κ1) is 23.6. The normalized spacial score (nSPS) is 11.0. The van der Waals surface area contributed by atoms with Crippen molar-refractivity contribution in [3.05, 3.63) is 59.3 Å². The highest BCUT2D eigenvalue weighted by Crippen LogP contribution is 2.15. The van der Waals surface area contributed by atoms with Gasteiger partial charge in [-0.15, -0.1) is 0 Å². The predicted octanol–water partition coefficient (Wildman–Crippen LogP) is 5.07. The van der Waals surface area contributed by atoms with Gasteiger partial charge in [-0.1, -0.05) is 31.9 Å². The number of benzene rings is 1. The zero-order chi connectivity index (χ0) is 22.1. The van der Waals surface area contributed by atoms with Crippen LogP contribution in [0.5, 0.6) is 0 Å². The summed E-state index contributed by atoms with van der Waals surface area (Å²) < 4.78 is 18.9. The molecule has 0 atom stereocenters. The van der Waals surface area contributed by atoms with Gasteiger partial charge >= 0.3 is 0 Å². The molecule has 0 aliphatic carbocycles. The van der Waals surface area contributed by atoms with E-state index in [4.69, 9.17) is 4.42 Å². The van der Waals surface area contributed by atoms with Crippen molar-refractivity contribution in [3.8, 4) is 0 Å². The summed E-state index contributed by atoms with van der Waals surface area (Å²) in [4.78, 5) is 29.2. The fourth-order valence-corrected chi connectivity index (χ4v) is 3.27. The molecule has 0 radical (unpaired) electrons. The summed E-state index contributed by atoms with van der Waals surface area (Å²) in [6, 6.07) is 9.73. The van der Waals surface area contributed by atoms with Crippen molar-refractivity contribution in [3.63, 3.8) is 0 Å². The van der Waals surface area contributed by atoms with E-state index in [-0.39, 0.29) is 30.2 Å². The molecule has 164 valence electrons. The van der Waals surface area contributed by atoms with E-state index < -0.39 is 0 Å². The Morgan fingerprint density at radius 3 is 2.27 bits per heavy atom. The first-order chi connectivity index (χ1) is 14.3. The van der Waals surface area contributed by atoms with Crippen LogP contribution in [0, 0.1) is 12.7 Å². The average Bonchev–Trinajstić information content (AvgIpc) is 3.11. The first-order valence-corrected chi connectivity index (χ1v) is 10.7. The lowest BCUT2D eigenvalue weighted by Crippen LogP contribution is -2.45. The van der Waals surface area contributed by atoms with Crippen LogP contribution in [0.25, 0.3) is 0 Å². The van der Waals surface area contributed by atoms with Crippen LogP contribution in [0.4, 0.5) is 4.39 Å². The molecule has 0 saturated heterocycles. The van der Waals surface area contributed by atoms with Gasteiger partial charge in [0, 0.05) is 19.0 Å². The van der Waals surface area contributed by atoms with Gasteiger partial charge in [0.15, 0.2) is 0 Å². The van der Waals surface area contributed by atoms with E-state index in [1.165, 1.54) is 12.1 Å². The van der Waals surface area contributed by atoms with Crippen molar-refractivity contribution in [1.82, 2.24) is 9.80 Å². The summed E-state index contributed by atoms with van der Waals surface area (Å²) in [6.07, 6.45) is 3.33. The van der Waals surface area contributed by atoms with Crippen molar-refractivity contribution >= 4 is 11.8 Å². The summed E-state index contributed by atoms with van der Waals surface area (Å²) in [7, 11) is 0. The van der Waals surface area contributed by atoms with E-state index in [0.29, 0.717) is 25.3 Å². The van der Waals surface area contributed by atoms with Gasteiger partial charge in [0.05, 0.1) is 13.1 Å². The summed E-state index contributed by atoms with van der Waals surface area (Å²) in [5.41, 5.74) is 0.818. The number of hydrogen-bond acceptors (Lipinski definition) is 3. The second kappa shape index (κ2) is 11.5. The maximum Gasteiger partial charge on any atom is 0.242 e. The molecule has 2 aromatic rings. The Bertz CT molecular complexity index is 814. The molecule has 0 spiro atoms. The first-order valence-electron chi connectivity index (χ1n) is 10.7. The van der Waals surface area contributed by atoms with Crippen LogP contribution < -0.4 is 0 Å². The zero-order valence-corrected chi connectivity index (χ0v) is 18.5. The lowest BCUT2D eigenvalue weighted by atomic mass is 10.1. The molecule has 2 amide bonds. The molecule has 0 N–H and O–H groups in total. The van der Waals surface area contributed by atoms with Crippen molar-refractivity contribution in [2.45, 2.75) is 72.5 Å². The van der Waals surface area contributed by atoms with E-state index >= 15 is 0 Å². The third-order valence-electron chi connectivity index (χ3n) is 5.03. The Labute approximate surface area is 178 Å². The Balaban J connectivity index is 2.14. The van der Waals surface area contributed by atoms with Crippen molar-refractivity contribution < 1.29 is 18.4 Å². The zero-order valence-electron chi connectivity index (χ0n) is 18.5. The maximum absolute atomic E-state index is 13.3. The number of halogens is 1. The molecule has 0 bridgehead atoms. The number of hydrogen-bond donors (Lipinski definition) is 0. The molecule has 1 heterocycles. The van der Waals surface area contributed by atoms with Crippen molar-refractivity contribution in [2.24, 2.45) is 0 Å². The highest BCUT2D eigenvalue weighted by Gasteiger charge is 2.24. The minimum absolute atomic E-state index is 0.00220. The quantitative estimate of drug-likeness (QED) is 0.481. The standard InChI is InChI=1S/C24H33FN2O3/c1-5-6-7-8-23(28)27(18(2)3)17-24(29)26(16-22-14-9-19(4)30-22)15-20-10-12-21(25)13-11-20/h9-14,18H,5-8,15-17H2,1-4H3. The minimum Gasteiger partial charge on any atom is -0.464 e. The number of amides is 2. The Hall–Kier alpha value is -2.63. The van der Waals surface area contributed by atoms with E-state index in [9.17, 15) is 14.0 Å². The van der Waals surface area contributed by atoms with E-state index in [1.54, 1.807) is 21.9 Å². The highest BCUT2D eigenvalue weighted by atomic mass is 19.1. The minimum atomic E-state index is -0.318. The van der Waals surface area contributed by atoms with Gasteiger partial charge in [-0.05, 0) is 57.0 Å². The largest absolute Gasteiger partial charge is 0.464 e. The second-order valence-corrected chi connectivity index (χ2v) is 7.96. The van der Waals surface area contributed by atoms with Gasteiger partial charge in [-0.3, -0.25) is 9.59 Å². The van der Waals surface area contributed by atoms with Gasteiger partial charge < -0.3 is 14.2 Å². The predicted molar refractivity (Wildman–Crippen MR) is 115 cm³/mol. The lowest BCUT2D eigenvalue weighted by Gasteiger charge is -2.30. The molecule has 0 unspecified atom stereocenters. The summed E-state index contributed by atoms with van der Waals surface area (Å²) in [6.45, 7) is 8.41. The third kappa shape index (κ3) is 7.32. The summed E-state index contributed by atoms with van der Waals surface area (Å²) in [5, 5.41) is 0. The van der Waals surface area contributed by atoms with Gasteiger partial charge in [0.25, 0.3) is 0 Å². The summed E-state index contributed by atoms with van der Waals surface area (Å²) in [5.74, 6) is 0.970. The van der Waals surface area contributed by atoms with Crippen LogP contribution >= 0.6 is 0 Å². The van der Waals surface area contributed by atoms with Crippen LogP contribution in [0.1, 0.15) is 63.5 Å². The van der Waals surface area contributed by atoms with Crippen LogP contribution in [-0.2, 0) is 22.7 Å². The SMILES string of the molecule is CCCCCC(=O)N(CC(=O)N(Cc1ccc(F)cc1)Cc1ccc(C)o1)C(C)C. The average molecular weight is 417 g/mol. The van der Waals surface area contributed by atoms with E-state index in [2.05, 4.69) is 6.92 Å².